The van der Waals surface area contributed by atoms with E-state index in [-0.39, 0.29) is 9.78 Å². The highest BCUT2D eigenvalue weighted by molar-refractivity contribution is 7.91. The molecule has 3 rings (SSSR count). The molecule has 1 saturated heterocycles. The summed E-state index contributed by atoms with van der Waals surface area (Å²) >= 11 is 0.953. The van der Waals surface area contributed by atoms with E-state index in [4.69, 9.17) is 9.47 Å². The lowest BCUT2D eigenvalue weighted by Crippen LogP contribution is -2.40. The maximum Gasteiger partial charge on any atom is 0.337 e. The van der Waals surface area contributed by atoms with E-state index >= 15 is 0 Å². The minimum absolute atomic E-state index is 0.0357. The molecule has 1 aliphatic heterocycles. The molecule has 1 aromatic carbocycles. The van der Waals surface area contributed by atoms with Crippen LogP contribution in [0.1, 0.15) is 10.4 Å². The number of hydrogen-bond donors (Lipinski definition) is 1. The van der Waals surface area contributed by atoms with E-state index in [1.165, 1.54) is 22.5 Å². The first kappa shape index (κ1) is 19.6. The van der Waals surface area contributed by atoms with Gasteiger partial charge in [0.1, 0.15) is 9.96 Å². The van der Waals surface area contributed by atoms with E-state index in [1.54, 1.807) is 31.4 Å². The Morgan fingerprint density at radius 3 is 2.44 bits per heavy atom. The van der Waals surface area contributed by atoms with Gasteiger partial charge in [-0.1, -0.05) is 12.1 Å². The molecule has 0 aliphatic carbocycles. The number of carboxylic acid groups (broad SMARTS) is 1. The highest BCUT2D eigenvalue weighted by Gasteiger charge is 2.28. The summed E-state index contributed by atoms with van der Waals surface area (Å²) in [6, 6.07) is 9.92. The normalized spacial score (nSPS) is 16.3. The minimum atomic E-state index is -3.65. The van der Waals surface area contributed by atoms with Gasteiger partial charge in [0.25, 0.3) is 10.0 Å². The Bertz CT molecular complexity index is 940. The zero-order chi connectivity index (χ0) is 19.4. The summed E-state index contributed by atoms with van der Waals surface area (Å²) < 4.78 is 37.2. The van der Waals surface area contributed by atoms with Crippen LogP contribution in [0.3, 0.4) is 0 Å². The number of ether oxygens (including phenoxy) is 2. The predicted octanol–water partition coefficient (Wildman–Crippen LogP) is 2.40. The quantitative estimate of drug-likeness (QED) is 0.737. The van der Waals surface area contributed by atoms with Crippen molar-refractivity contribution in [3.8, 4) is 5.75 Å². The van der Waals surface area contributed by atoms with Gasteiger partial charge in [-0.05, 0) is 35.9 Å². The molecule has 0 radical (unpaired) electrons. The zero-order valence-electron chi connectivity index (χ0n) is 14.6. The Hall–Kier alpha value is -2.20. The number of hydrogen-bond acceptors (Lipinski definition) is 6. The van der Waals surface area contributed by atoms with Gasteiger partial charge in [0.05, 0.1) is 25.9 Å². The van der Waals surface area contributed by atoms with Crippen LogP contribution < -0.4 is 4.74 Å². The van der Waals surface area contributed by atoms with Gasteiger partial charge in [-0.3, -0.25) is 0 Å². The SMILES string of the molecule is COc1ccc(C=C(C(=O)O)c2ccc(S(=O)(=O)N3CCOCC3)s2)cc1. The van der Waals surface area contributed by atoms with Gasteiger partial charge in [0.2, 0.25) is 0 Å². The van der Waals surface area contributed by atoms with Gasteiger partial charge in [-0.25, -0.2) is 13.2 Å². The number of nitrogens with zero attached hydrogens (tertiary/aromatic N) is 1. The molecule has 0 bridgehead atoms. The van der Waals surface area contributed by atoms with E-state index in [1.807, 2.05) is 0 Å². The molecule has 9 heteroatoms. The molecular weight excluding hydrogens is 390 g/mol. The molecule has 0 unspecified atom stereocenters. The summed E-state index contributed by atoms with van der Waals surface area (Å²) in [5.41, 5.74) is 0.716. The molecule has 27 heavy (non-hydrogen) atoms. The molecule has 0 amide bonds. The Balaban J connectivity index is 1.91. The lowest BCUT2D eigenvalue weighted by Gasteiger charge is -2.25. The summed E-state index contributed by atoms with van der Waals surface area (Å²) in [7, 11) is -2.10. The number of aliphatic carboxylic acids is 1. The van der Waals surface area contributed by atoms with E-state index < -0.39 is 16.0 Å². The molecule has 0 spiro atoms. The third kappa shape index (κ3) is 4.38. The van der Waals surface area contributed by atoms with Gasteiger partial charge in [0.15, 0.2) is 0 Å². The second-order valence-corrected chi connectivity index (χ2v) is 9.02. The first-order valence-corrected chi connectivity index (χ1v) is 10.4. The van der Waals surface area contributed by atoms with Gasteiger partial charge in [-0.15, -0.1) is 11.3 Å². The third-order valence-electron chi connectivity index (χ3n) is 4.07. The fraction of sp³-hybridized carbons (Fsp3) is 0.278. The second kappa shape index (κ2) is 8.22. The topological polar surface area (TPSA) is 93.1 Å². The molecule has 1 fully saturated rings. The lowest BCUT2D eigenvalue weighted by atomic mass is 10.1. The van der Waals surface area contributed by atoms with Crippen molar-refractivity contribution in [2.75, 3.05) is 33.4 Å². The van der Waals surface area contributed by atoms with Crippen LogP contribution in [-0.4, -0.2) is 57.2 Å². The lowest BCUT2D eigenvalue weighted by molar-refractivity contribution is -0.130. The van der Waals surface area contributed by atoms with Crippen LogP contribution in [0, 0.1) is 0 Å². The van der Waals surface area contributed by atoms with Crippen LogP contribution in [-0.2, 0) is 19.6 Å². The van der Waals surface area contributed by atoms with Crippen LogP contribution in [0.2, 0.25) is 0 Å². The fourth-order valence-corrected chi connectivity index (χ4v) is 5.50. The van der Waals surface area contributed by atoms with Crippen molar-refractivity contribution >= 4 is 39.0 Å². The van der Waals surface area contributed by atoms with E-state index in [9.17, 15) is 18.3 Å². The molecule has 2 aromatic rings. The van der Waals surface area contributed by atoms with Crippen LogP contribution in [0.15, 0.2) is 40.6 Å². The monoisotopic (exact) mass is 409 g/mol. The van der Waals surface area contributed by atoms with Crippen molar-refractivity contribution in [2.24, 2.45) is 0 Å². The van der Waals surface area contributed by atoms with Crippen LogP contribution in [0.4, 0.5) is 0 Å². The minimum Gasteiger partial charge on any atom is -0.497 e. The third-order valence-corrected chi connectivity index (χ3v) is 7.55. The van der Waals surface area contributed by atoms with Crippen molar-refractivity contribution in [3.05, 3.63) is 46.8 Å². The highest BCUT2D eigenvalue weighted by atomic mass is 32.2. The number of rotatable bonds is 6. The molecule has 7 nitrogen and oxygen atoms in total. The molecule has 2 heterocycles. The fourth-order valence-electron chi connectivity index (χ4n) is 2.62. The standard InChI is InChI=1S/C18H19NO6S2/c1-24-14-4-2-13(3-5-14)12-15(18(20)21)16-6-7-17(26-16)27(22,23)19-8-10-25-11-9-19/h2-7,12H,8-11H2,1H3,(H,20,21). The van der Waals surface area contributed by atoms with Crippen LogP contribution >= 0.6 is 11.3 Å². The Kier molecular flexibility index (Phi) is 5.95. The maximum atomic E-state index is 12.7. The number of carboxylic acids is 1. The smallest absolute Gasteiger partial charge is 0.337 e. The predicted molar refractivity (Wildman–Crippen MR) is 102 cm³/mol. The summed E-state index contributed by atoms with van der Waals surface area (Å²) in [5.74, 6) is -0.456. The first-order valence-electron chi connectivity index (χ1n) is 8.19. The Morgan fingerprint density at radius 1 is 1.19 bits per heavy atom. The van der Waals surface area contributed by atoms with Gasteiger partial charge >= 0.3 is 5.97 Å². The number of sulfonamides is 1. The van der Waals surface area contributed by atoms with E-state index in [0.29, 0.717) is 42.5 Å². The molecule has 0 atom stereocenters. The maximum absolute atomic E-state index is 12.7. The number of morpholine rings is 1. The number of carbonyl (C=O) groups is 1. The number of methoxy groups -OCH3 is 1. The van der Waals surface area contributed by atoms with Crippen molar-refractivity contribution in [1.29, 1.82) is 0 Å². The van der Waals surface area contributed by atoms with Crippen molar-refractivity contribution in [2.45, 2.75) is 4.21 Å². The van der Waals surface area contributed by atoms with Gasteiger partial charge < -0.3 is 14.6 Å². The zero-order valence-corrected chi connectivity index (χ0v) is 16.3. The number of thiophene rings is 1. The Labute approximate surface area is 161 Å². The summed E-state index contributed by atoms with van der Waals surface area (Å²) in [6.45, 7) is 1.30. The highest BCUT2D eigenvalue weighted by Crippen LogP contribution is 2.31. The van der Waals surface area contributed by atoms with E-state index in [2.05, 4.69) is 0 Å². The summed E-state index contributed by atoms with van der Waals surface area (Å²) in [4.78, 5) is 12.1. The molecule has 0 saturated carbocycles. The molecule has 1 aliphatic rings. The average molecular weight is 409 g/mol. The van der Waals surface area contributed by atoms with Crippen molar-refractivity contribution in [3.63, 3.8) is 0 Å². The Morgan fingerprint density at radius 2 is 1.85 bits per heavy atom. The molecule has 144 valence electrons. The van der Waals surface area contributed by atoms with Crippen LogP contribution in [0.25, 0.3) is 11.6 Å². The molecule has 1 N–H and O–H groups in total. The van der Waals surface area contributed by atoms with Crippen molar-refractivity contribution < 1.29 is 27.8 Å². The van der Waals surface area contributed by atoms with Crippen LogP contribution in [0.5, 0.6) is 5.75 Å². The first-order chi connectivity index (χ1) is 12.9. The average Bonchev–Trinajstić information content (AvgIpc) is 3.17. The van der Waals surface area contributed by atoms with Crippen molar-refractivity contribution in [1.82, 2.24) is 4.31 Å². The van der Waals surface area contributed by atoms with E-state index in [0.717, 1.165) is 11.3 Å². The summed E-state index contributed by atoms with van der Waals surface area (Å²) in [6.07, 6.45) is 1.51. The summed E-state index contributed by atoms with van der Waals surface area (Å²) in [5, 5.41) is 9.59. The number of benzene rings is 1. The molecule has 1 aromatic heterocycles. The van der Waals surface area contributed by atoms with Gasteiger partial charge in [-0.2, -0.15) is 4.31 Å². The van der Waals surface area contributed by atoms with Gasteiger partial charge in [0, 0.05) is 18.0 Å². The molecular formula is C18H19NO6S2. The second-order valence-electron chi connectivity index (χ2n) is 5.77. The largest absolute Gasteiger partial charge is 0.497 e.